The van der Waals surface area contributed by atoms with Crippen molar-refractivity contribution in [1.29, 1.82) is 0 Å². The van der Waals surface area contributed by atoms with Crippen LogP contribution in [0.25, 0.3) is 5.69 Å². The molecule has 0 spiro atoms. The molecule has 1 N–H and O–H groups in total. The van der Waals surface area contributed by atoms with Gasteiger partial charge in [-0.15, -0.1) is 5.10 Å². The molecule has 0 aliphatic rings. The maximum absolute atomic E-state index is 5.17. The monoisotopic (exact) mass is 260 g/mol. The normalized spacial score (nSPS) is 12.5. The number of methoxy groups -OCH3 is 1. The number of ether oxygens (including phenoxy) is 1. The van der Waals surface area contributed by atoms with Crippen LogP contribution in [-0.4, -0.2) is 35.3 Å². The van der Waals surface area contributed by atoms with Gasteiger partial charge < -0.3 is 10.1 Å². The molecule has 0 aliphatic heterocycles. The van der Waals surface area contributed by atoms with Crippen molar-refractivity contribution in [2.24, 2.45) is 0 Å². The molecule has 5 nitrogen and oxygen atoms in total. The Morgan fingerprint density at radius 3 is 2.79 bits per heavy atom. The summed E-state index contributed by atoms with van der Waals surface area (Å²) in [5, 5.41) is 11.7. The highest BCUT2D eigenvalue weighted by Gasteiger charge is 2.16. The zero-order valence-corrected chi connectivity index (χ0v) is 11.4. The van der Waals surface area contributed by atoms with Crippen LogP contribution in [0.5, 0.6) is 0 Å². The van der Waals surface area contributed by atoms with Gasteiger partial charge in [0.05, 0.1) is 23.6 Å². The van der Waals surface area contributed by atoms with Crippen molar-refractivity contribution in [1.82, 2.24) is 20.3 Å². The maximum atomic E-state index is 5.17. The van der Waals surface area contributed by atoms with Crippen LogP contribution in [0.1, 0.15) is 25.1 Å². The van der Waals surface area contributed by atoms with Crippen LogP contribution in [0.3, 0.4) is 0 Å². The third-order valence-electron chi connectivity index (χ3n) is 2.99. The Morgan fingerprint density at radius 1 is 1.32 bits per heavy atom. The topological polar surface area (TPSA) is 52.0 Å². The van der Waals surface area contributed by atoms with E-state index >= 15 is 0 Å². The van der Waals surface area contributed by atoms with Gasteiger partial charge in [-0.2, -0.15) is 0 Å². The lowest BCUT2D eigenvalue weighted by atomic mass is 10.1. The lowest BCUT2D eigenvalue weighted by molar-refractivity contribution is 0.182. The summed E-state index contributed by atoms with van der Waals surface area (Å²) >= 11 is 0. The van der Waals surface area contributed by atoms with Crippen molar-refractivity contribution in [3.8, 4) is 5.69 Å². The van der Waals surface area contributed by atoms with E-state index in [0.717, 1.165) is 24.3 Å². The van der Waals surface area contributed by atoms with Gasteiger partial charge in [0.2, 0.25) is 0 Å². The van der Waals surface area contributed by atoms with Crippen molar-refractivity contribution < 1.29 is 4.74 Å². The van der Waals surface area contributed by atoms with Gasteiger partial charge in [0.1, 0.15) is 0 Å². The molecule has 0 radical (unpaired) electrons. The van der Waals surface area contributed by atoms with Gasteiger partial charge in [0.25, 0.3) is 0 Å². The Hall–Kier alpha value is -1.72. The highest BCUT2D eigenvalue weighted by molar-refractivity contribution is 5.32. The predicted octanol–water partition coefficient (Wildman–Crippen LogP) is 1.95. The van der Waals surface area contributed by atoms with Crippen molar-refractivity contribution in [3.63, 3.8) is 0 Å². The molecule has 0 saturated carbocycles. The summed E-state index contributed by atoms with van der Waals surface area (Å²) in [6.07, 6.45) is 2.71. The molecular weight excluding hydrogens is 240 g/mol. The van der Waals surface area contributed by atoms with Gasteiger partial charge in [0, 0.05) is 13.7 Å². The Labute approximate surface area is 113 Å². The second-order valence-corrected chi connectivity index (χ2v) is 4.30. The van der Waals surface area contributed by atoms with Crippen LogP contribution in [0.4, 0.5) is 0 Å². The standard InChI is InChI=1S/C14H20N4O/c1-3-15-13(9-10-19-2)14-11-16-17-18(14)12-7-5-4-6-8-12/h4-8,11,13,15H,3,9-10H2,1-2H3. The van der Waals surface area contributed by atoms with Crippen molar-refractivity contribution in [2.45, 2.75) is 19.4 Å². The van der Waals surface area contributed by atoms with E-state index in [4.69, 9.17) is 4.74 Å². The summed E-state index contributed by atoms with van der Waals surface area (Å²) in [6.45, 7) is 3.70. The van der Waals surface area contributed by atoms with Crippen LogP contribution in [0.15, 0.2) is 36.5 Å². The number of benzene rings is 1. The van der Waals surface area contributed by atoms with Gasteiger partial charge >= 0.3 is 0 Å². The number of hydrogen-bond acceptors (Lipinski definition) is 4. The minimum Gasteiger partial charge on any atom is -0.385 e. The molecule has 0 amide bonds. The summed E-state index contributed by atoms with van der Waals surface area (Å²) in [6, 6.07) is 10.2. The van der Waals surface area contributed by atoms with Gasteiger partial charge in [-0.1, -0.05) is 30.3 Å². The molecule has 102 valence electrons. The number of aromatic nitrogens is 3. The summed E-state index contributed by atoms with van der Waals surface area (Å²) < 4.78 is 7.05. The van der Waals surface area contributed by atoms with Gasteiger partial charge in [0.15, 0.2) is 0 Å². The van der Waals surface area contributed by atoms with Crippen LogP contribution >= 0.6 is 0 Å². The van der Waals surface area contributed by atoms with E-state index < -0.39 is 0 Å². The number of nitrogens with zero attached hydrogens (tertiary/aromatic N) is 3. The largest absolute Gasteiger partial charge is 0.385 e. The first kappa shape index (κ1) is 13.7. The van der Waals surface area contributed by atoms with E-state index in [1.54, 1.807) is 7.11 Å². The molecule has 0 saturated heterocycles. The van der Waals surface area contributed by atoms with Gasteiger partial charge in [-0.3, -0.25) is 0 Å². The van der Waals surface area contributed by atoms with Crippen molar-refractivity contribution >= 4 is 0 Å². The minimum absolute atomic E-state index is 0.195. The summed E-state index contributed by atoms with van der Waals surface area (Å²) in [7, 11) is 1.72. The average molecular weight is 260 g/mol. The fraction of sp³-hybridized carbons (Fsp3) is 0.429. The number of nitrogens with one attached hydrogen (secondary N) is 1. The molecule has 1 heterocycles. The molecule has 1 atom stereocenters. The molecule has 19 heavy (non-hydrogen) atoms. The lowest BCUT2D eigenvalue weighted by Crippen LogP contribution is -2.24. The molecule has 1 aromatic carbocycles. The number of para-hydroxylation sites is 1. The second-order valence-electron chi connectivity index (χ2n) is 4.30. The number of hydrogen-bond donors (Lipinski definition) is 1. The van der Waals surface area contributed by atoms with E-state index in [1.165, 1.54) is 0 Å². The molecule has 0 aliphatic carbocycles. The fourth-order valence-corrected chi connectivity index (χ4v) is 2.09. The predicted molar refractivity (Wildman–Crippen MR) is 74.3 cm³/mol. The van der Waals surface area contributed by atoms with Crippen LogP contribution in [0.2, 0.25) is 0 Å². The van der Waals surface area contributed by atoms with Crippen LogP contribution in [-0.2, 0) is 4.74 Å². The van der Waals surface area contributed by atoms with E-state index in [9.17, 15) is 0 Å². The third kappa shape index (κ3) is 3.39. The highest BCUT2D eigenvalue weighted by atomic mass is 16.5. The Morgan fingerprint density at radius 2 is 2.11 bits per heavy atom. The number of rotatable bonds is 7. The SMILES string of the molecule is CCNC(CCOC)c1cnnn1-c1ccccc1. The third-order valence-corrected chi connectivity index (χ3v) is 2.99. The first-order valence-electron chi connectivity index (χ1n) is 6.55. The van der Waals surface area contributed by atoms with E-state index in [0.29, 0.717) is 6.61 Å². The van der Waals surface area contributed by atoms with E-state index in [2.05, 4.69) is 22.6 Å². The van der Waals surface area contributed by atoms with E-state index in [-0.39, 0.29) is 6.04 Å². The average Bonchev–Trinajstić information content (AvgIpc) is 2.93. The summed E-state index contributed by atoms with van der Waals surface area (Å²) in [4.78, 5) is 0. The lowest BCUT2D eigenvalue weighted by Gasteiger charge is -2.18. The van der Waals surface area contributed by atoms with Crippen molar-refractivity contribution in [3.05, 3.63) is 42.2 Å². The molecular formula is C14H20N4O. The molecule has 2 rings (SSSR count). The molecule has 1 unspecified atom stereocenters. The Balaban J connectivity index is 2.26. The molecule has 0 fully saturated rings. The summed E-state index contributed by atoms with van der Waals surface area (Å²) in [5.74, 6) is 0. The van der Waals surface area contributed by atoms with E-state index in [1.807, 2.05) is 41.2 Å². The fourth-order valence-electron chi connectivity index (χ4n) is 2.09. The second kappa shape index (κ2) is 7.01. The molecule has 0 bridgehead atoms. The molecule has 1 aromatic heterocycles. The van der Waals surface area contributed by atoms with Crippen LogP contribution in [0, 0.1) is 0 Å². The highest BCUT2D eigenvalue weighted by Crippen LogP contribution is 2.19. The Bertz CT molecular complexity index is 483. The molecule has 5 heteroatoms. The zero-order chi connectivity index (χ0) is 13.5. The zero-order valence-electron chi connectivity index (χ0n) is 11.4. The summed E-state index contributed by atoms with van der Waals surface area (Å²) in [5.41, 5.74) is 2.08. The van der Waals surface area contributed by atoms with Gasteiger partial charge in [-0.05, 0) is 25.1 Å². The Kier molecular flexibility index (Phi) is 5.06. The maximum Gasteiger partial charge on any atom is 0.0816 e. The van der Waals surface area contributed by atoms with Crippen LogP contribution < -0.4 is 5.32 Å². The quantitative estimate of drug-likeness (QED) is 0.826. The molecule has 2 aromatic rings. The van der Waals surface area contributed by atoms with Crippen molar-refractivity contribution in [2.75, 3.05) is 20.3 Å². The first-order valence-corrected chi connectivity index (χ1v) is 6.55. The first-order chi connectivity index (χ1) is 9.36. The van der Waals surface area contributed by atoms with Gasteiger partial charge in [-0.25, -0.2) is 4.68 Å². The smallest absolute Gasteiger partial charge is 0.0816 e. The minimum atomic E-state index is 0.195.